The molecule has 0 bridgehead atoms. The monoisotopic (exact) mass is 509 g/mol. The van der Waals surface area contributed by atoms with E-state index >= 15 is 0 Å². The molecular weight excluding hydrogens is 489 g/mol. The van der Waals surface area contributed by atoms with Crippen LogP contribution in [-0.2, 0) is 11.2 Å². The van der Waals surface area contributed by atoms with Crippen molar-refractivity contribution in [2.24, 2.45) is 5.10 Å². The topological polar surface area (TPSA) is 72.2 Å². The quantitative estimate of drug-likeness (QED) is 0.178. The van der Waals surface area contributed by atoms with Crippen LogP contribution in [0.3, 0.4) is 0 Å². The van der Waals surface area contributed by atoms with Crippen molar-refractivity contribution in [1.29, 1.82) is 0 Å². The molecule has 172 valence electrons. The average Bonchev–Trinajstić information content (AvgIpc) is 3.28. The first-order valence-electron chi connectivity index (χ1n) is 10.5. The summed E-state index contributed by atoms with van der Waals surface area (Å²) in [4.78, 5) is 12.4. The van der Waals surface area contributed by atoms with Crippen molar-refractivity contribution < 1.29 is 4.79 Å². The molecule has 0 aliphatic carbocycles. The van der Waals surface area contributed by atoms with Crippen LogP contribution in [0.15, 0.2) is 83.1 Å². The lowest BCUT2D eigenvalue weighted by Gasteiger charge is -2.10. The van der Waals surface area contributed by atoms with Gasteiger partial charge in [0.25, 0.3) is 5.91 Å². The fraction of sp³-hybridized carbons (Fsp3) is 0.120. The number of hydrazone groups is 1. The van der Waals surface area contributed by atoms with Gasteiger partial charge in [0.1, 0.15) is 0 Å². The minimum atomic E-state index is -0.245. The van der Waals surface area contributed by atoms with Crippen LogP contribution in [0.2, 0.25) is 10.0 Å². The molecule has 4 aromatic rings. The van der Waals surface area contributed by atoms with E-state index in [1.807, 2.05) is 53.1 Å². The zero-order chi connectivity index (χ0) is 23.9. The van der Waals surface area contributed by atoms with Crippen molar-refractivity contribution in [1.82, 2.24) is 20.2 Å². The maximum Gasteiger partial charge on any atom is 0.250 e. The molecule has 0 fully saturated rings. The van der Waals surface area contributed by atoms with Gasteiger partial charge in [-0.15, -0.1) is 10.2 Å². The molecule has 0 unspecified atom stereocenters. The van der Waals surface area contributed by atoms with Gasteiger partial charge in [-0.1, -0.05) is 66.2 Å². The summed E-state index contributed by atoms with van der Waals surface area (Å²) in [6.45, 7) is 2.10. The van der Waals surface area contributed by atoms with E-state index in [4.69, 9.17) is 23.2 Å². The Kier molecular flexibility index (Phi) is 8.00. The molecule has 0 spiro atoms. The van der Waals surface area contributed by atoms with Crippen molar-refractivity contribution in [3.8, 4) is 17.1 Å². The van der Waals surface area contributed by atoms with E-state index in [2.05, 4.69) is 27.6 Å². The van der Waals surface area contributed by atoms with Crippen LogP contribution in [0.4, 0.5) is 0 Å². The van der Waals surface area contributed by atoms with E-state index < -0.39 is 0 Å². The van der Waals surface area contributed by atoms with E-state index in [1.54, 1.807) is 30.5 Å². The van der Waals surface area contributed by atoms with Gasteiger partial charge in [0.05, 0.1) is 12.0 Å². The average molecular weight is 510 g/mol. The summed E-state index contributed by atoms with van der Waals surface area (Å²) in [7, 11) is 0. The Labute approximate surface area is 212 Å². The Bertz CT molecular complexity index is 1290. The van der Waals surface area contributed by atoms with Gasteiger partial charge in [0.2, 0.25) is 0 Å². The number of hydrogen-bond acceptors (Lipinski definition) is 5. The van der Waals surface area contributed by atoms with E-state index in [0.29, 0.717) is 21.0 Å². The third-order valence-electron chi connectivity index (χ3n) is 4.94. The van der Waals surface area contributed by atoms with Gasteiger partial charge in [0, 0.05) is 21.3 Å². The summed E-state index contributed by atoms with van der Waals surface area (Å²) in [5.74, 6) is 0.513. The van der Waals surface area contributed by atoms with Gasteiger partial charge in [-0.25, -0.2) is 5.43 Å². The van der Waals surface area contributed by atoms with Gasteiger partial charge in [-0.05, 0) is 66.1 Å². The van der Waals surface area contributed by atoms with Crippen LogP contribution in [-0.4, -0.2) is 32.6 Å². The van der Waals surface area contributed by atoms with Crippen molar-refractivity contribution in [3.05, 3.63) is 94.0 Å². The number of benzene rings is 3. The first-order chi connectivity index (χ1) is 16.5. The maximum atomic E-state index is 12.4. The number of aromatic nitrogens is 3. The van der Waals surface area contributed by atoms with E-state index in [1.165, 1.54) is 17.3 Å². The number of halogens is 2. The predicted octanol–water partition coefficient (Wildman–Crippen LogP) is 6.05. The third-order valence-corrected chi connectivity index (χ3v) is 6.38. The van der Waals surface area contributed by atoms with Gasteiger partial charge >= 0.3 is 0 Å². The highest BCUT2D eigenvalue weighted by molar-refractivity contribution is 7.99. The molecule has 0 aliphatic heterocycles. The Hall–Kier alpha value is -3.13. The highest BCUT2D eigenvalue weighted by Gasteiger charge is 2.17. The normalized spacial score (nSPS) is 11.1. The first-order valence-corrected chi connectivity index (χ1v) is 12.3. The molecule has 9 heteroatoms. The number of amides is 1. The SMILES string of the molecule is CCc1ccc(/C=N/NC(=O)CSc2nnc(-c3ccc(Cl)cc3)n2-c2ccc(Cl)cc2)cc1. The Morgan fingerprint density at radius 3 is 2.26 bits per heavy atom. The predicted molar refractivity (Wildman–Crippen MR) is 139 cm³/mol. The van der Waals surface area contributed by atoms with E-state index in [-0.39, 0.29) is 11.7 Å². The lowest BCUT2D eigenvalue weighted by molar-refractivity contribution is -0.118. The molecule has 1 N–H and O–H groups in total. The lowest BCUT2D eigenvalue weighted by atomic mass is 10.1. The van der Waals surface area contributed by atoms with Crippen LogP contribution in [0.5, 0.6) is 0 Å². The zero-order valence-corrected chi connectivity index (χ0v) is 20.6. The fourth-order valence-electron chi connectivity index (χ4n) is 3.15. The van der Waals surface area contributed by atoms with Gasteiger partial charge in [-0.2, -0.15) is 5.10 Å². The number of carbonyl (C=O) groups excluding carboxylic acids is 1. The number of rotatable bonds is 8. The summed E-state index contributed by atoms with van der Waals surface area (Å²) in [5.41, 5.74) is 6.41. The van der Waals surface area contributed by atoms with Gasteiger partial charge in [-0.3, -0.25) is 9.36 Å². The van der Waals surface area contributed by atoms with Crippen LogP contribution in [0.1, 0.15) is 18.1 Å². The summed E-state index contributed by atoms with van der Waals surface area (Å²) in [5, 5.41) is 14.6. The molecule has 0 saturated heterocycles. The van der Waals surface area contributed by atoms with Crippen molar-refractivity contribution in [2.75, 3.05) is 5.75 Å². The Morgan fingerprint density at radius 2 is 1.62 bits per heavy atom. The maximum absolute atomic E-state index is 12.4. The van der Waals surface area contributed by atoms with Crippen molar-refractivity contribution in [3.63, 3.8) is 0 Å². The summed E-state index contributed by atoms with van der Waals surface area (Å²) in [6, 6.07) is 22.7. The molecule has 6 nitrogen and oxygen atoms in total. The summed E-state index contributed by atoms with van der Waals surface area (Å²) < 4.78 is 1.88. The zero-order valence-electron chi connectivity index (χ0n) is 18.3. The molecule has 3 aromatic carbocycles. The number of carbonyl (C=O) groups is 1. The molecule has 1 amide bonds. The standard InChI is InChI=1S/C25H21Cl2N5OS/c1-2-17-3-5-18(6-4-17)15-28-29-23(33)16-34-25-31-30-24(19-7-9-20(26)10-8-19)32(25)22-13-11-21(27)12-14-22/h3-15H,2,16H2,1H3,(H,29,33)/b28-15+. The highest BCUT2D eigenvalue weighted by atomic mass is 35.5. The van der Waals surface area contributed by atoms with E-state index in [9.17, 15) is 4.79 Å². The Morgan fingerprint density at radius 1 is 0.971 bits per heavy atom. The molecular formula is C25H21Cl2N5OS. The molecule has 0 atom stereocenters. The Balaban J connectivity index is 1.48. The molecule has 4 rings (SSSR count). The third kappa shape index (κ3) is 6.05. The van der Waals surface area contributed by atoms with Crippen molar-refractivity contribution in [2.45, 2.75) is 18.5 Å². The molecule has 1 aromatic heterocycles. The molecule has 0 saturated carbocycles. The summed E-state index contributed by atoms with van der Waals surface area (Å²) >= 11 is 13.4. The lowest BCUT2D eigenvalue weighted by Crippen LogP contribution is -2.20. The number of thioether (sulfide) groups is 1. The molecule has 34 heavy (non-hydrogen) atoms. The molecule has 1 heterocycles. The largest absolute Gasteiger partial charge is 0.272 e. The van der Waals surface area contributed by atoms with Crippen LogP contribution < -0.4 is 5.43 Å². The second kappa shape index (κ2) is 11.3. The molecule has 0 radical (unpaired) electrons. The van der Waals surface area contributed by atoms with Gasteiger partial charge < -0.3 is 0 Å². The highest BCUT2D eigenvalue weighted by Crippen LogP contribution is 2.29. The van der Waals surface area contributed by atoms with Crippen LogP contribution in [0.25, 0.3) is 17.1 Å². The van der Waals surface area contributed by atoms with Crippen LogP contribution in [0, 0.1) is 0 Å². The van der Waals surface area contributed by atoms with Gasteiger partial charge in [0.15, 0.2) is 11.0 Å². The minimum absolute atomic E-state index is 0.123. The van der Waals surface area contributed by atoms with E-state index in [0.717, 1.165) is 23.2 Å². The number of hydrogen-bond donors (Lipinski definition) is 1. The smallest absolute Gasteiger partial charge is 0.250 e. The second-order valence-corrected chi connectivity index (χ2v) is 9.12. The van der Waals surface area contributed by atoms with Crippen molar-refractivity contribution >= 4 is 47.1 Å². The fourth-order valence-corrected chi connectivity index (χ4v) is 4.15. The molecule has 0 aliphatic rings. The second-order valence-electron chi connectivity index (χ2n) is 7.30. The number of nitrogens with one attached hydrogen (secondary N) is 1. The minimum Gasteiger partial charge on any atom is -0.272 e. The van der Waals surface area contributed by atoms with Crippen LogP contribution >= 0.6 is 35.0 Å². The summed E-state index contributed by atoms with van der Waals surface area (Å²) in [6.07, 6.45) is 2.60. The first kappa shape index (κ1) is 24.0. The number of nitrogens with zero attached hydrogens (tertiary/aromatic N) is 4. The number of aryl methyl sites for hydroxylation is 1.